The number of aromatic nitrogens is 2. The molecule has 3 aromatic rings. The third-order valence-electron chi connectivity index (χ3n) is 5.50. The highest BCUT2D eigenvalue weighted by Crippen LogP contribution is 2.44. The summed E-state index contributed by atoms with van der Waals surface area (Å²) in [6.07, 6.45) is 5.00. The fourth-order valence-electron chi connectivity index (χ4n) is 3.80. The van der Waals surface area contributed by atoms with Crippen LogP contribution in [0.15, 0.2) is 30.6 Å². The molecule has 0 fully saturated rings. The molecular formula is C21H24N4OS. The molecule has 0 saturated heterocycles. The topological polar surface area (TPSA) is 80.9 Å². The van der Waals surface area contributed by atoms with Gasteiger partial charge in [-0.15, -0.1) is 11.3 Å². The smallest absolute Gasteiger partial charge is 0.248 e. The van der Waals surface area contributed by atoms with Crippen LogP contribution in [0.25, 0.3) is 10.2 Å². The molecule has 1 amide bonds. The highest BCUT2D eigenvalue weighted by atomic mass is 32.1. The van der Waals surface area contributed by atoms with Crippen LogP contribution in [-0.2, 0) is 12.8 Å². The van der Waals surface area contributed by atoms with Crippen molar-refractivity contribution >= 4 is 39.0 Å². The number of nitrogens with two attached hydrogens (primary N) is 1. The summed E-state index contributed by atoms with van der Waals surface area (Å²) in [4.78, 5) is 22.8. The van der Waals surface area contributed by atoms with Gasteiger partial charge in [-0.3, -0.25) is 4.79 Å². The quantitative estimate of drug-likeness (QED) is 0.691. The van der Waals surface area contributed by atoms with Crippen molar-refractivity contribution in [2.45, 2.75) is 40.0 Å². The lowest BCUT2D eigenvalue weighted by molar-refractivity contribution is 0.100. The van der Waals surface area contributed by atoms with E-state index < -0.39 is 5.91 Å². The molecular weight excluding hydrogens is 356 g/mol. The zero-order valence-corrected chi connectivity index (χ0v) is 16.7. The lowest BCUT2D eigenvalue weighted by Gasteiger charge is -2.33. The van der Waals surface area contributed by atoms with Crippen molar-refractivity contribution in [3.8, 4) is 0 Å². The maximum Gasteiger partial charge on any atom is 0.248 e. The largest absolute Gasteiger partial charge is 0.366 e. The number of nitrogens with zero attached hydrogens (tertiary/aromatic N) is 2. The monoisotopic (exact) mass is 380 g/mol. The number of amides is 1. The number of anilines is 2. The third-order valence-corrected chi connectivity index (χ3v) is 6.66. The van der Waals surface area contributed by atoms with Crippen molar-refractivity contribution in [1.82, 2.24) is 9.97 Å². The number of rotatable bonds is 3. The molecule has 4 rings (SSSR count). The molecule has 0 spiro atoms. The van der Waals surface area contributed by atoms with Crippen molar-refractivity contribution in [3.05, 3.63) is 46.6 Å². The van der Waals surface area contributed by atoms with Crippen LogP contribution in [0.3, 0.4) is 0 Å². The number of primary amides is 1. The molecule has 2 aromatic heterocycles. The third kappa shape index (κ3) is 3.41. The molecule has 1 aromatic carbocycles. The Morgan fingerprint density at radius 3 is 2.63 bits per heavy atom. The van der Waals surface area contributed by atoms with Crippen LogP contribution in [0.4, 0.5) is 11.5 Å². The predicted molar refractivity (Wildman–Crippen MR) is 111 cm³/mol. The second kappa shape index (κ2) is 6.60. The minimum absolute atomic E-state index is 0.322. The molecule has 5 nitrogen and oxygen atoms in total. The Morgan fingerprint density at radius 1 is 1.22 bits per heavy atom. The SMILES string of the molecule is CC(C)(C)C1CCc2c(sc3ncnc(Nc4ccc(C(N)=O)cc4)c23)C1. The second-order valence-electron chi connectivity index (χ2n) is 8.28. The Hall–Kier alpha value is -2.47. The number of hydrogen-bond acceptors (Lipinski definition) is 5. The normalized spacial score (nSPS) is 16.9. The summed E-state index contributed by atoms with van der Waals surface area (Å²) in [6, 6.07) is 7.14. The fourth-order valence-corrected chi connectivity index (χ4v) is 5.07. The number of aryl methyl sites for hydroxylation is 1. The van der Waals surface area contributed by atoms with Crippen molar-refractivity contribution < 1.29 is 4.79 Å². The predicted octanol–water partition coefficient (Wildman–Crippen LogP) is 4.68. The van der Waals surface area contributed by atoms with E-state index in [9.17, 15) is 4.79 Å². The second-order valence-corrected chi connectivity index (χ2v) is 9.36. The summed E-state index contributed by atoms with van der Waals surface area (Å²) < 4.78 is 0. The molecule has 0 aliphatic heterocycles. The van der Waals surface area contributed by atoms with Gasteiger partial charge in [-0.05, 0) is 60.4 Å². The van der Waals surface area contributed by atoms with Gasteiger partial charge in [-0.1, -0.05) is 20.8 Å². The van der Waals surface area contributed by atoms with Gasteiger partial charge in [0, 0.05) is 16.1 Å². The molecule has 6 heteroatoms. The fraction of sp³-hybridized carbons (Fsp3) is 0.381. The molecule has 0 saturated carbocycles. The first kappa shape index (κ1) is 17.9. The Morgan fingerprint density at radius 2 is 1.96 bits per heavy atom. The summed E-state index contributed by atoms with van der Waals surface area (Å²) in [5.74, 6) is 1.11. The summed E-state index contributed by atoms with van der Waals surface area (Å²) in [7, 11) is 0. The molecule has 0 bridgehead atoms. The minimum Gasteiger partial charge on any atom is -0.366 e. The van der Waals surface area contributed by atoms with Crippen LogP contribution in [0, 0.1) is 11.3 Å². The molecule has 2 heterocycles. The van der Waals surface area contributed by atoms with Crippen molar-refractivity contribution in [1.29, 1.82) is 0 Å². The zero-order valence-electron chi connectivity index (χ0n) is 15.9. The first-order valence-corrected chi connectivity index (χ1v) is 10.1. The van der Waals surface area contributed by atoms with E-state index in [2.05, 4.69) is 36.1 Å². The van der Waals surface area contributed by atoms with Crippen LogP contribution in [0.5, 0.6) is 0 Å². The Kier molecular flexibility index (Phi) is 4.38. The van der Waals surface area contributed by atoms with E-state index in [4.69, 9.17) is 5.73 Å². The Balaban J connectivity index is 1.69. The van der Waals surface area contributed by atoms with E-state index in [0.29, 0.717) is 16.9 Å². The standard InChI is InChI=1S/C21H24N4OS/c1-21(2,3)13-6-9-15-16(10-13)27-20-17(15)19(23-11-24-20)25-14-7-4-12(5-8-14)18(22)26/h4-5,7-8,11,13H,6,9-10H2,1-3H3,(H2,22,26)(H,23,24,25). The minimum atomic E-state index is -0.425. The molecule has 27 heavy (non-hydrogen) atoms. The van der Waals surface area contributed by atoms with Crippen LogP contribution in [-0.4, -0.2) is 15.9 Å². The van der Waals surface area contributed by atoms with Gasteiger partial charge in [-0.2, -0.15) is 0 Å². The lowest BCUT2D eigenvalue weighted by atomic mass is 9.72. The van der Waals surface area contributed by atoms with Crippen LogP contribution in [0.1, 0.15) is 48.0 Å². The summed E-state index contributed by atoms with van der Waals surface area (Å²) in [5.41, 5.74) is 8.41. The molecule has 140 valence electrons. The van der Waals surface area contributed by atoms with Gasteiger partial charge in [0.2, 0.25) is 5.91 Å². The molecule has 1 atom stereocenters. The number of hydrogen-bond donors (Lipinski definition) is 2. The molecule has 1 unspecified atom stereocenters. The summed E-state index contributed by atoms with van der Waals surface area (Å²) in [6.45, 7) is 7.00. The first-order valence-electron chi connectivity index (χ1n) is 9.25. The van der Waals surface area contributed by atoms with E-state index in [1.807, 2.05) is 12.1 Å². The van der Waals surface area contributed by atoms with E-state index in [1.165, 1.54) is 16.9 Å². The van der Waals surface area contributed by atoms with Crippen molar-refractivity contribution in [3.63, 3.8) is 0 Å². The van der Waals surface area contributed by atoms with Gasteiger partial charge in [-0.25, -0.2) is 9.97 Å². The Labute approximate surface area is 163 Å². The van der Waals surface area contributed by atoms with Crippen molar-refractivity contribution in [2.75, 3.05) is 5.32 Å². The van der Waals surface area contributed by atoms with Crippen LogP contribution < -0.4 is 11.1 Å². The average Bonchev–Trinajstić information content (AvgIpc) is 3.00. The van der Waals surface area contributed by atoms with Gasteiger partial charge in [0.1, 0.15) is 17.0 Å². The van der Waals surface area contributed by atoms with Crippen LogP contribution in [0.2, 0.25) is 0 Å². The number of benzene rings is 1. The van der Waals surface area contributed by atoms with Gasteiger partial charge < -0.3 is 11.1 Å². The van der Waals surface area contributed by atoms with E-state index in [0.717, 1.165) is 34.6 Å². The van der Waals surface area contributed by atoms with Gasteiger partial charge in [0.15, 0.2) is 0 Å². The van der Waals surface area contributed by atoms with E-state index in [1.54, 1.807) is 29.8 Å². The average molecular weight is 381 g/mol. The summed E-state index contributed by atoms with van der Waals surface area (Å²) in [5, 5.41) is 4.54. The first-order chi connectivity index (χ1) is 12.8. The van der Waals surface area contributed by atoms with E-state index in [-0.39, 0.29) is 0 Å². The maximum atomic E-state index is 11.3. The number of thiophene rings is 1. The van der Waals surface area contributed by atoms with Gasteiger partial charge >= 0.3 is 0 Å². The number of carbonyl (C=O) groups is 1. The number of carbonyl (C=O) groups excluding carboxylic acids is 1. The number of nitrogens with one attached hydrogen (secondary N) is 1. The molecule has 1 aliphatic carbocycles. The highest BCUT2D eigenvalue weighted by Gasteiger charge is 2.31. The maximum absolute atomic E-state index is 11.3. The van der Waals surface area contributed by atoms with Gasteiger partial charge in [0.05, 0.1) is 5.39 Å². The van der Waals surface area contributed by atoms with E-state index >= 15 is 0 Å². The Bertz CT molecular complexity index is 1000. The van der Waals surface area contributed by atoms with Crippen LogP contribution >= 0.6 is 11.3 Å². The molecule has 3 N–H and O–H groups in total. The van der Waals surface area contributed by atoms with Gasteiger partial charge in [0.25, 0.3) is 0 Å². The number of fused-ring (bicyclic) bond motifs is 3. The lowest BCUT2D eigenvalue weighted by Crippen LogP contribution is -2.26. The highest BCUT2D eigenvalue weighted by molar-refractivity contribution is 7.19. The molecule has 0 radical (unpaired) electrons. The van der Waals surface area contributed by atoms with Crippen molar-refractivity contribution in [2.24, 2.45) is 17.1 Å². The zero-order chi connectivity index (χ0) is 19.2. The molecule has 1 aliphatic rings. The summed E-state index contributed by atoms with van der Waals surface area (Å²) >= 11 is 1.80.